The lowest BCUT2D eigenvalue weighted by Crippen LogP contribution is -2.27. The molecule has 0 aliphatic carbocycles. The van der Waals surface area contributed by atoms with E-state index in [1.54, 1.807) is 0 Å². The molecule has 0 bridgehead atoms. The standard InChI is InChI=1S/C40H72O4/c1-3-5-7-9-11-13-15-17-18-19-20-21-22-24-26-28-30-32-34-36-43-38-39(37-41)44-40(42)35-33-31-29-27-25-23-16-14-12-10-8-6-4-2/h8,10,13-16,18-19,39,41H,3-7,9,11-12,17,20-38H2,1-2H3/b10-8-,15-13-,16-14-,19-18-. The van der Waals surface area contributed by atoms with Gasteiger partial charge in [-0.3, -0.25) is 4.79 Å². The van der Waals surface area contributed by atoms with Crippen molar-refractivity contribution < 1.29 is 19.4 Å². The van der Waals surface area contributed by atoms with Gasteiger partial charge >= 0.3 is 5.97 Å². The summed E-state index contributed by atoms with van der Waals surface area (Å²) >= 11 is 0. The van der Waals surface area contributed by atoms with Crippen LogP contribution in [-0.4, -0.2) is 37.0 Å². The number of esters is 1. The van der Waals surface area contributed by atoms with Gasteiger partial charge in [-0.05, 0) is 70.6 Å². The number of unbranched alkanes of at least 4 members (excludes halogenated alkanes) is 18. The van der Waals surface area contributed by atoms with E-state index in [1.165, 1.54) is 109 Å². The molecule has 1 atom stereocenters. The summed E-state index contributed by atoms with van der Waals surface area (Å²) in [7, 11) is 0. The number of allylic oxidation sites excluding steroid dienone is 8. The van der Waals surface area contributed by atoms with Crippen LogP contribution in [0.15, 0.2) is 48.6 Å². The quantitative estimate of drug-likeness (QED) is 0.0444. The molecule has 0 aromatic heterocycles. The van der Waals surface area contributed by atoms with Gasteiger partial charge in [0.15, 0.2) is 0 Å². The Kier molecular flexibility index (Phi) is 36.1. The summed E-state index contributed by atoms with van der Waals surface area (Å²) in [6.45, 7) is 5.23. The van der Waals surface area contributed by atoms with Crippen LogP contribution >= 0.6 is 0 Å². The number of aliphatic hydroxyl groups is 1. The fourth-order valence-electron chi connectivity index (χ4n) is 5.04. The third kappa shape index (κ3) is 34.8. The number of carbonyl (C=O) groups is 1. The van der Waals surface area contributed by atoms with Gasteiger partial charge in [0.05, 0.1) is 13.2 Å². The molecule has 44 heavy (non-hydrogen) atoms. The lowest BCUT2D eigenvalue weighted by molar-refractivity contribution is -0.154. The molecule has 0 aromatic carbocycles. The van der Waals surface area contributed by atoms with E-state index in [4.69, 9.17) is 9.47 Å². The minimum Gasteiger partial charge on any atom is -0.457 e. The van der Waals surface area contributed by atoms with Gasteiger partial charge in [-0.2, -0.15) is 0 Å². The van der Waals surface area contributed by atoms with Crippen molar-refractivity contribution in [3.8, 4) is 0 Å². The molecule has 0 heterocycles. The molecule has 0 saturated heterocycles. The van der Waals surface area contributed by atoms with Crippen molar-refractivity contribution in [3.05, 3.63) is 48.6 Å². The van der Waals surface area contributed by atoms with Crippen LogP contribution in [0.5, 0.6) is 0 Å². The second kappa shape index (κ2) is 37.5. The predicted octanol–water partition coefficient (Wildman–Crippen LogP) is 11.9. The van der Waals surface area contributed by atoms with Crippen LogP contribution in [0.4, 0.5) is 0 Å². The number of hydrogen-bond acceptors (Lipinski definition) is 4. The molecule has 4 nitrogen and oxygen atoms in total. The van der Waals surface area contributed by atoms with E-state index in [0.29, 0.717) is 13.0 Å². The van der Waals surface area contributed by atoms with Gasteiger partial charge in [0, 0.05) is 13.0 Å². The minimum absolute atomic E-state index is 0.181. The molecule has 0 rings (SSSR count). The van der Waals surface area contributed by atoms with Gasteiger partial charge in [-0.25, -0.2) is 0 Å². The van der Waals surface area contributed by atoms with Crippen LogP contribution < -0.4 is 0 Å². The topological polar surface area (TPSA) is 55.8 Å². The second-order valence-electron chi connectivity index (χ2n) is 12.3. The Morgan fingerprint density at radius 2 is 1.00 bits per heavy atom. The average molecular weight is 617 g/mol. The average Bonchev–Trinajstić information content (AvgIpc) is 3.03. The Balaban J connectivity index is 3.47. The summed E-state index contributed by atoms with van der Waals surface area (Å²) in [5.74, 6) is -0.219. The summed E-state index contributed by atoms with van der Waals surface area (Å²) in [5, 5.41) is 9.55. The molecular formula is C40H72O4. The van der Waals surface area contributed by atoms with Crippen molar-refractivity contribution in [2.24, 2.45) is 0 Å². The van der Waals surface area contributed by atoms with Crippen molar-refractivity contribution in [2.75, 3.05) is 19.8 Å². The number of carbonyl (C=O) groups excluding carboxylic acids is 1. The number of hydrogen-bond donors (Lipinski definition) is 1. The molecule has 4 heteroatoms. The summed E-state index contributed by atoms with van der Waals surface area (Å²) < 4.78 is 11.1. The Bertz CT molecular complexity index is 693. The Morgan fingerprint density at radius 3 is 1.50 bits per heavy atom. The van der Waals surface area contributed by atoms with Crippen LogP contribution in [0.2, 0.25) is 0 Å². The van der Waals surface area contributed by atoms with Gasteiger partial charge in [0.25, 0.3) is 0 Å². The van der Waals surface area contributed by atoms with Crippen molar-refractivity contribution in [3.63, 3.8) is 0 Å². The summed E-state index contributed by atoms with van der Waals surface area (Å²) in [5.41, 5.74) is 0. The third-order valence-electron chi connectivity index (χ3n) is 7.86. The van der Waals surface area contributed by atoms with Gasteiger partial charge in [0.2, 0.25) is 0 Å². The van der Waals surface area contributed by atoms with E-state index in [0.717, 1.165) is 44.9 Å². The minimum atomic E-state index is -0.544. The Morgan fingerprint density at radius 1 is 0.545 bits per heavy atom. The van der Waals surface area contributed by atoms with Crippen LogP contribution in [0.3, 0.4) is 0 Å². The zero-order valence-electron chi connectivity index (χ0n) is 29.2. The monoisotopic (exact) mass is 617 g/mol. The SMILES string of the molecule is CCC/C=C\C/C=C\CCCCCCCC(=O)OC(CO)COCCCCCCCCCC/C=C\C/C=C\CCCCCC. The van der Waals surface area contributed by atoms with Crippen LogP contribution in [0.1, 0.15) is 174 Å². The molecule has 0 aliphatic heterocycles. The predicted molar refractivity (Wildman–Crippen MR) is 191 cm³/mol. The molecule has 0 radical (unpaired) electrons. The third-order valence-corrected chi connectivity index (χ3v) is 7.86. The highest BCUT2D eigenvalue weighted by Crippen LogP contribution is 2.12. The smallest absolute Gasteiger partial charge is 0.306 e. The molecule has 0 fully saturated rings. The molecule has 0 aromatic rings. The van der Waals surface area contributed by atoms with Crippen LogP contribution in [0, 0.1) is 0 Å². The highest BCUT2D eigenvalue weighted by Gasteiger charge is 2.13. The molecule has 256 valence electrons. The lowest BCUT2D eigenvalue weighted by Gasteiger charge is -2.15. The first-order chi connectivity index (χ1) is 21.7. The van der Waals surface area contributed by atoms with Crippen LogP contribution in [0.25, 0.3) is 0 Å². The fourth-order valence-corrected chi connectivity index (χ4v) is 5.04. The maximum absolute atomic E-state index is 12.1. The number of ether oxygens (including phenoxy) is 2. The summed E-state index contributed by atoms with van der Waals surface area (Å²) in [6, 6.07) is 0. The lowest BCUT2D eigenvalue weighted by atomic mass is 10.1. The Labute approximate surface area is 273 Å². The molecule has 1 unspecified atom stereocenters. The van der Waals surface area contributed by atoms with E-state index in [1.807, 2.05) is 0 Å². The van der Waals surface area contributed by atoms with Crippen molar-refractivity contribution in [2.45, 2.75) is 180 Å². The van der Waals surface area contributed by atoms with Gasteiger partial charge in [-0.1, -0.05) is 146 Å². The molecule has 1 N–H and O–H groups in total. The zero-order valence-corrected chi connectivity index (χ0v) is 29.2. The van der Waals surface area contributed by atoms with Gasteiger partial charge < -0.3 is 14.6 Å². The Hall–Kier alpha value is -1.65. The summed E-state index contributed by atoms with van der Waals surface area (Å²) in [6.07, 6.45) is 47.2. The fraction of sp³-hybridized carbons (Fsp3) is 0.775. The van der Waals surface area contributed by atoms with Crippen LogP contribution in [-0.2, 0) is 14.3 Å². The van der Waals surface area contributed by atoms with E-state index in [9.17, 15) is 9.90 Å². The zero-order chi connectivity index (χ0) is 32.0. The highest BCUT2D eigenvalue weighted by molar-refractivity contribution is 5.69. The largest absolute Gasteiger partial charge is 0.457 e. The van der Waals surface area contributed by atoms with E-state index >= 15 is 0 Å². The van der Waals surface area contributed by atoms with E-state index in [2.05, 4.69) is 62.5 Å². The maximum atomic E-state index is 12.1. The number of aliphatic hydroxyl groups excluding tert-OH is 1. The van der Waals surface area contributed by atoms with E-state index < -0.39 is 6.10 Å². The first-order valence-corrected chi connectivity index (χ1v) is 18.7. The van der Waals surface area contributed by atoms with Crippen molar-refractivity contribution in [1.29, 1.82) is 0 Å². The normalized spacial score (nSPS) is 12.9. The highest BCUT2D eigenvalue weighted by atomic mass is 16.6. The molecule has 0 aliphatic rings. The van der Waals surface area contributed by atoms with Crippen molar-refractivity contribution in [1.82, 2.24) is 0 Å². The van der Waals surface area contributed by atoms with E-state index in [-0.39, 0.29) is 19.2 Å². The van der Waals surface area contributed by atoms with Gasteiger partial charge in [-0.15, -0.1) is 0 Å². The first-order valence-electron chi connectivity index (χ1n) is 18.7. The molecular weight excluding hydrogens is 544 g/mol. The molecule has 0 amide bonds. The second-order valence-corrected chi connectivity index (χ2v) is 12.3. The number of rotatable bonds is 34. The summed E-state index contributed by atoms with van der Waals surface area (Å²) in [4.78, 5) is 12.1. The van der Waals surface area contributed by atoms with Crippen molar-refractivity contribution >= 4 is 5.97 Å². The molecule has 0 saturated carbocycles. The first kappa shape index (κ1) is 42.3. The molecule has 0 spiro atoms. The van der Waals surface area contributed by atoms with Gasteiger partial charge in [0.1, 0.15) is 6.10 Å². The maximum Gasteiger partial charge on any atom is 0.306 e.